The largest absolute Gasteiger partial charge is 0.384 e. The van der Waals surface area contributed by atoms with Crippen molar-refractivity contribution >= 4 is 23.2 Å². The first-order chi connectivity index (χ1) is 10.1. The Hall–Kier alpha value is -1.02. The molecule has 0 aromatic heterocycles. The molecule has 2 atom stereocenters. The number of rotatable bonds is 2. The molecule has 21 heavy (non-hydrogen) atoms. The zero-order valence-electron chi connectivity index (χ0n) is 11.7. The summed E-state index contributed by atoms with van der Waals surface area (Å²) in [4.78, 5) is 0. The maximum Gasteiger partial charge on any atom is 0.0979 e. The Bertz CT molecular complexity index is 626. The van der Waals surface area contributed by atoms with Crippen LogP contribution in [-0.4, -0.2) is 5.11 Å². The summed E-state index contributed by atoms with van der Waals surface area (Å²) in [5.74, 6) is 0.0587. The Morgan fingerprint density at radius 1 is 0.952 bits per heavy atom. The average Bonchev–Trinajstić information content (AvgIpc) is 2.51. The van der Waals surface area contributed by atoms with E-state index in [-0.39, 0.29) is 5.92 Å². The van der Waals surface area contributed by atoms with Crippen LogP contribution in [-0.2, 0) is 5.60 Å². The number of hydrogen-bond donors (Lipinski definition) is 1. The monoisotopic (exact) mass is 320 g/mol. The molecule has 0 aliphatic heterocycles. The molecule has 3 rings (SSSR count). The minimum absolute atomic E-state index is 0.0587. The van der Waals surface area contributed by atoms with Crippen LogP contribution in [0.2, 0.25) is 10.0 Å². The van der Waals surface area contributed by atoms with E-state index < -0.39 is 5.60 Å². The van der Waals surface area contributed by atoms with E-state index in [1.165, 1.54) is 0 Å². The van der Waals surface area contributed by atoms with Gasteiger partial charge in [-0.3, -0.25) is 0 Å². The molecule has 0 heterocycles. The van der Waals surface area contributed by atoms with E-state index >= 15 is 0 Å². The second kappa shape index (κ2) is 6.00. The highest BCUT2D eigenvalue weighted by atomic mass is 35.5. The summed E-state index contributed by atoms with van der Waals surface area (Å²) in [6.45, 7) is 0. The normalized spacial score (nSPS) is 25.8. The topological polar surface area (TPSA) is 20.2 Å². The predicted molar refractivity (Wildman–Crippen MR) is 88.0 cm³/mol. The Labute approximate surface area is 135 Å². The molecule has 1 N–H and O–H groups in total. The van der Waals surface area contributed by atoms with Crippen LogP contribution in [0.1, 0.15) is 42.7 Å². The van der Waals surface area contributed by atoms with Crippen molar-refractivity contribution in [1.29, 1.82) is 0 Å². The van der Waals surface area contributed by atoms with Crippen molar-refractivity contribution in [2.45, 2.75) is 37.2 Å². The van der Waals surface area contributed by atoms with E-state index in [1.807, 2.05) is 30.3 Å². The zero-order chi connectivity index (χ0) is 14.9. The van der Waals surface area contributed by atoms with Gasteiger partial charge < -0.3 is 5.11 Å². The lowest BCUT2D eigenvalue weighted by atomic mass is 9.68. The zero-order valence-corrected chi connectivity index (χ0v) is 13.2. The first-order valence-corrected chi connectivity index (χ1v) is 8.10. The highest BCUT2D eigenvalue weighted by Crippen LogP contribution is 2.49. The van der Waals surface area contributed by atoms with Crippen molar-refractivity contribution in [3.05, 3.63) is 69.7 Å². The molecule has 1 nitrogen and oxygen atoms in total. The Kier molecular flexibility index (Phi) is 4.26. The first kappa shape index (κ1) is 14.9. The third kappa shape index (κ3) is 2.70. The van der Waals surface area contributed by atoms with Gasteiger partial charge in [0.05, 0.1) is 15.6 Å². The fourth-order valence-electron chi connectivity index (χ4n) is 3.44. The van der Waals surface area contributed by atoms with Gasteiger partial charge in [0.1, 0.15) is 0 Å². The summed E-state index contributed by atoms with van der Waals surface area (Å²) in [7, 11) is 0. The number of benzene rings is 2. The fraction of sp³-hybridized carbons (Fsp3) is 0.333. The number of aliphatic hydroxyl groups is 1. The predicted octanol–water partition coefficient (Wildman–Crippen LogP) is 5.54. The number of hydrogen-bond acceptors (Lipinski definition) is 1. The second-order valence-electron chi connectivity index (χ2n) is 5.73. The summed E-state index contributed by atoms with van der Waals surface area (Å²) in [6.07, 6.45) is 3.80. The molecule has 0 spiro atoms. The van der Waals surface area contributed by atoms with Crippen LogP contribution >= 0.6 is 23.2 Å². The first-order valence-electron chi connectivity index (χ1n) is 7.35. The van der Waals surface area contributed by atoms with Gasteiger partial charge in [-0.15, -0.1) is 0 Å². The van der Waals surface area contributed by atoms with E-state index in [4.69, 9.17) is 23.2 Å². The summed E-state index contributed by atoms with van der Waals surface area (Å²) in [6, 6.07) is 15.7. The van der Waals surface area contributed by atoms with Crippen LogP contribution in [0, 0.1) is 0 Å². The summed E-state index contributed by atoms with van der Waals surface area (Å²) in [5, 5.41) is 12.4. The highest BCUT2D eigenvalue weighted by molar-refractivity contribution is 6.42. The van der Waals surface area contributed by atoms with Crippen LogP contribution < -0.4 is 0 Å². The minimum atomic E-state index is -0.943. The van der Waals surface area contributed by atoms with Crippen LogP contribution in [0.4, 0.5) is 0 Å². The molecule has 1 saturated carbocycles. The molecule has 0 radical (unpaired) electrons. The lowest BCUT2D eigenvalue weighted by molar-refractivity contribution is -0.0223. The van der Waals surface area contributed by atoms with Crippen LogP contribution in [0.5, 0.6) is 0 Å². The van der Waals surface area contributed by atoms with E-state index in [9.17, 15) is 5.11 Å². The fourth-order valence-corrected chi connectivity index (χ4v) is 3.91. The van der Waals surface area contributed by atoms with Crippen molar-refractivity contribution in [1.82, 2.24) is 0 Å². The Morgan fingerprint density at radius 3 is 2.48 bits per heavy atom. The van der Waals surface area contributed by atoms with Gasteiger partial charge in [0, 0.05) is 11.5 Å². The molecule has 1 fully saturated rings. The van der Waals surface area contributed by atoms with Gasteiger partial charge in [0.25, 0.3) is 0 Å². The minimum Gasteiger partial charge on any atom is -0.384 e. The molecule has 2 aromatic rings. The van der Waals surface area contributed by atoms with E-state index in [0.29, 0.717) is 16.5 Å². The lowest BCUT2D eigenvalue weighted by Gasteiger charge is -2.41. The summed E-state index contributed by atoms with van der Waals surface area (Å²) >= 11 is 12.5. The van der Waals surface area contributed by atoms with Crippen LogP contribution in [0.15, 0.2) is 48.5 Å². The highest BCUT2D eigenvalue weighted by Gasteiger charge is 2.42. The maximum absolute atomic E-state index is 11.4. The SMILES string of the molecule is OC1(c2cccc(Cl)c2Cl)CCCCC1c1ccccc1. The summed E-state index contributed by atoms with van der Waals surface area (Å²) in [5.41, 5.74) is 0.975. The van der Waals surface area contributed by atoms with Crippen molar-refractivity contribution in [3.8, 4) is 0 Å². The summed E-state index contributed by atoms with van der Waals surface area (Å²) < 4.78 is 0. The molecule has 110 valence electrons. The van der Waals surface area contributed by atoms with Crippen molar-refractivity contribution in [2.24, 2.45) is 0 Å². The Morgan fingerprint density at radius 2 is 1.71 bits per heavy atom. The smallest absolute Gasteiger partial charge is 0.0979 e. The molecule has 1 aliphatic carbocycles. The molecule has 2 unspecified atom stereocenters. The third-order valence-corrected chi connectivity index (χ3v) is 5.32. The second-order valence-corrected chi connectivity index (χ2v) is 6.52. The molecular formula is C18H18Cl2O. The molecule has 2 aromatic carbocycles. The van der Waals surface area contributed by atoms with Gasteiger partial charge in [-0.25, -0.2) is 0 Å². The van der Waals surface area contributed by atoms with E-state index in [2.05, 4.69) is 12.1 Å². The average molecular weight is 321 g/mol. The third-order valence-electron chi connectivity index (χ3n) is 4.50. The van der Waals surface area contributed by atoms with Gasteiger partial charge in [0.15, 0.2) is 0 Å². The Balaban J connectivity index is 2.09. The van der Waals surface area contributed by atoms with Gasteiger partial charge in [0.2, 0.25) is 0 Å². The van der Waals surface area contributed by atoms with Crippen molar-refractivity contribution in [3.63, 3.8) is 0 Å². The molecule has 3 heteroatoms. The van der Waals surface area contributed by atoms with Crippen LogP contribution in [0.25, 0.3) is 0 Å². The quantitative estimate of drug-likeness (QED) is 0.770. The van der Waals surface area contributed by atoms with Gasteiger partial charge in [-0.05, 0) is 24.5 Å². The van der Waals surface area contributed by atoms with Gasteiger partial charge in [-0.1, -0.05) is 78.5 Å². The van der Waals surface area contributed by atoms with E-state index in [1.54, 1.807) is 6.07 Å². The standard InChI is InChI=1S/C18H18Cl2O/c19-16-11-6-10-15(17(16)20)18(21)12-5-4-9-14(18)13-7-2-1-3-8-13/h1-3,6-8,10-11,14,21H,4-5,9,12H2. The molecule has 1 aliphatic rings. The van der Waals surface area contributed by atoms with Crippen LogP contribution in [0.3, 0.4) is 0 Å². The molecule has 0 amide bonds. The maximum atomic E-state index is 11.4. The molecule has 0 bridgehead atoms. The van der Waals surface area contributed by atoms with E-state index in [0.717, 1.165) is 30.4 Å². The van der Waals surface area contributed by atoms with Gasteiger partial charge in [-0.2, -0.15) is 0 Å². The molecular weight excluding hydrogens is 303 g/mol. The van der Waals surface area contributed by atoms with Crippen molar-refractivity contribution in [2.75, 3.05) is 0 Å². The van der Waals surface area contributed by atoms with Gasteiger partial charge >= 0.3 is 0 Å². The van der Waals surface area contributed by atoms with Crippen molar-refractivity contribution < 1.29 is 5.11 Å². The molecule has 0 saturated heterocycles. The number of halogens is 2. The lowest BCUT2D eigenvalue weighted by Crippen LogP contribution is -2.36.